The first-order valence-electron chi connectivity index (χ1n) is 6.82. The van der Waals surface area contributed by atoms with Crippen LogP contribution in [0.15, 0.2) is 16.3 Å². The molecule has 0 spiro atoms. The Labute approximate surface area is 119 Å². The maximum Gasteiger partial charge on any atom is 0.250 e. The lowest BCUT2D eigenvalue weighted by Gasteiger charge is -2.03. The number of likely N-dealkylation sites (N-methyl/N-ethyl adjacent to an activating group) is 1. The van der Waals surface area contributed by atoms with Crippen LogP contribution in [0.5, 0.6) is 0 Å². The molecule has 4 nitrogen and oxygen atoms in total. The van der Waals surface area contributed by atoms with Gasteiger partial charge in [-0.2, -0.15) is 0 Å². The maximum absolute atomic E-state index is 12.1. The van der Waals surface area contributed by atoms with Crippen LogP contribution >= 0.6 is 11.3 Å². The van der Waals surface area contributed by atoms with Gasteiger partial charge in [0, 0.05) is 11.4 Å². The molecule has 1 fully saturated rings. The summed E-state index contributed by atoms with van der Waals surface area (Å²) in [4.78, 5) is 1.11. The summed E-state index contributed by atoms with van der Waals surface area (Å²) in [6.07, 6.45) is 2.02. The lowest BCUT2D eigenvalue weighted by Crippen LogP contribution is -2.25. The van der Waals surface area contributed by atoms with Crippen LogP contribution in [0.25, 0.3) is 0 Å². The van der Waals surface area contributed by atoms with Gasteiger partial charge in [-0.3, -0.25) is 0 Å². The van der Waals surface area contributed by atoms with E-state index in [-0.39, 0.29) is 0 Å². The summed E-state index contributed by atoms with van der Waals surface area (Å²) >= 11 is 1.37. The summed E-state index contributed by atoms with van der Waals surface area (Å²) in [5.74, 6) is 1.20. The average molecular weight is 302 g/mol. The summed E-state index contributed by atoms with van der Waals surface area (Å²) in [6.45, 7) is 6.63. The average Bonchev–Trinajstić information content (AvgIpc) is 2.88. The fourth-order valence-corrected chi connectivity index (χ4v) is 4.49. The third kappa shape index (κ3) is 4.27. The SMILES string of the molecule is CCNCCc1ccc(S(=O)(=O)NCC2CC2C)s1. The predicted octanol–water partition coefficient (Wildman–Crippen LogP) is 1.83. The van der Waals surface area contributed by atoms with E-state index in [1.807, 2.05) is 6.07 Å². The smallest absolute Gasteiger partial charge is 0.250 e. The molecule has 6 heteroatoms. The molecule has 0 aliphatic heterocycles. The lowest BCUT2D eigenvalue weighted by molar-refractivity contribution is 0.576. The molecule has 2 rings (SSSR count). The molecule has 0 radical (unpaired) electrons. The Morgan fingerprint density at radius 2 is 2.16 bits per heavy atom. The van der Waals surface area contributed by atoms with Gasteiger partial charge in [0.05, 0.1) is 0 Å². The van der Waals surface area contributed by atoms with Crippen LogP contribution in [0.4, 0.5) is 0 Å². The Balaban J connectivity index is 1.88. The van der Waals surface area contributed by atoms with Crippen molar-refractivity contribution in [3.63, 3.8) is 0 Å². The highest BCUT2D eigenvalue weighted by Gasteiger charge is 2.33. The monoisotopic (exact) mass is 302 g/mol. The van der Waals surface area contributed by atoms with E-state index < -0.39 is 10.0 Å². The first-order chi connectivity index (χ1) is 9.03. The largest absolute Gasteiger partial charge is 0.317 e. The van der Waals surface area contributed by atoms with E-state index in [0.29, 0.717) is 22.6 Å². The molecule has 2 N–H and O–H groups in total. The van der Waals surface area contributed by atoms with Gasteiger partial charge in [0.2, 0.25) is 10.0 Å². The molecule has 0 amide bonds. The van der Waals surface area contributed by atoms with Crippen molar-refractivity contribution in [2.45, 2.75) is 30.9 Å². The predicted molar refractivity (Wildman–Crippen MR) is 79.0 cm³/mol. The van der Waals surface area contributed by atoms with E-state index in [1.54, 1.807) is 6.07 Å². The van der Waals surface area contributed by atoms with E-state index >= 15 is 0 Å². The summed E-state index contributed by atoms with van der Waals surface area (Å²) in [5.41, 5.74) is 0. The zero-order chi connectivity index (χ0) is 13.9. The minimum Gasteiger partial charge on any atom is -0.317 e. The van der Waals surface area contributed by atoms with Crippen LogP contribution in [-0.2, 0) is 16.4 Å². The van der Waals surface area contributed by atoms with E-state index in [0.717, 1.165) is 30.8 Å². The molecule has 19 heavy (non-hydrogen) atoms. The van der Waals surface area contributed by atoms with E-state index in [1.165, 1.54) is 11.3 Å². The molecule has 2 unspecified atom stereocenters. The zero-order valence-electron chi connectivity index (χ0n) is 11.5. The molecular formula is C13H22N2O2S2. The van der Waals surface area contributed by atoms with E-state index in [4.69, 9.17) is 0 Å². The Morgan fingerprint density at radius 1 is 1.42 bits per heavy atom. The lowest BCUT2D eigenvalue weighted by atomic mass is 10.3. The Kier molecular flexibility index (Phi) is 5.00. The molecule has 0 saturated heterocycles. The molecule has 1 saturated carbocycles. The van der Waals surface area contributed by atoms with Crippen LogP contribution in [-0.4, -0.2) is 28.1 Å². The highest BCUT2D eigenvalue weighted by Crippen LogP contribution is 2.37. The minimum atomic E-state index is -3.30. The highest BCUT2D eigenvalue weighted by atomic mass is 32.2. The van der Waals surface area contributed by atoms with Gasteiger partial charge in [0.1, 0.15) is 4.21 Å². The molecule has 1 aromatic heterocycles. The fraction of sp³-hybridized carbons (Fsp3) is 0.692. The van der Waals surface area contributed by atoms with Crippen LogP contribution in [0, 0.1) is 11.8 Å². The Morgan fingerprint density at radius 3 is 2.79 bits per heavy atom. The van der Waals surface area contributed by atoms with Crippen molar-refractivity contribution in [1.29, 1.82) is 0 Å². The zero-order valence-corrected chi connectivity index (χ0v) is 13.1. The van der Waals surface area contributed by atoms with Crippen molar-refractivity contribution in [3.05, 3.63) is 17.0 Å². The van der Waals surface area contributed by atoms with Gasteiger partial charge in [0.25, 0.3) is 0 Å². The van der Waals surface area contributed by atoms with Crippen molar-refractivity contribution >= 4 is 21.4 Å². The number of rotatable bonds is 8. The van der Waals surface area contributed by atoms with Crippen molar-refractivity contribution < 1.29 is 8.42 Å². The standard InChI is InChI=1S/C13H22N2O2S2/c1-3-14-7-6-12-4-5-13(18-12)19(16,17)15-9-11-8-10(11)2/h4-5,10-11,14-15H,3,6-9H2,1-2H3. The normalized spacial score (nSPS) is 22.6. The second kappa shape index (κ2) is 6.35. The number of hydrogen-bond acceptors (Lipinski definition) is 4. The third-order valence-corrected chi connectivity index (χ3v) is 6.57. The number of hydrogen-bond donors (Lipinski definition) is 2. The molecule has 0 aromatic carbocycles. The molecule has 2 atom stereocenters. The van der Waals surface area contributed by atoms with Crippen LogP contribution in [0.3, 0.4) is 0 Å². The highest BCUT2D eigenvalue weighted by molar-refractivity contribution is 7.91. The van der Waals surface area contributed by atoms with Gasteiger partial charge in [0.15, 0.2) is 0 Å². The maximum atomic E-state index is 12.1. The number of nitrogens with one attached hydrogen (secondary N) is 2. The van der Waals surface area contributed by atoms with Gasteiger partial charge in [-0.15, -0.1) is 11.3 Å². The topological polar surface area (TPSA) is 58.2 Å². The van der Waals surface area contributed by atoms with Crippen LogP contribution < -0.4 is 10.0 Å². The molecule has 1 aliphatic carbocycles. The third-order valence-electron chi connectivity index (χ3n) is 3.51. The van der Waals surface area contributed by atoms with Crippen molar-refractivity contribution in [1.82, 2.24) is 10.0 Å². The van der Waals surface area contributed by atoms with Gasteiger partial charge in [-0.05, 0) is 49.9 Å². The second-order valence-electron chi connectivity index (χ2n) is 5.15. The molecule has 108 valence electrons. The first-order valence-corrected chi connectivity index (χ1v) is 9.12. The van der Waals surface area contributed by atoms with E-state index in [2.05, 4.69) is 23.9 Å². The molecule has 1 heterocycles. The minimum absolute atomic E-state index is 0.437. The molecular weight excluding hydrogens is 280 g/mol. The first kappa shape index (κ1) is 15.0. The van der Waals surface area contributed by atoms with Crippen molar-refractivity contribution in [2.75, 3.05) is 19.6 Å². The van der Waals surface area contributed by atoms with Crippen molar-refractivity contribution in [2.24, 2.45) is 11.8 Å². The van der Waals surface area contributed by atoms with Crippen molar-refractivity contribution in [3.8, 4) is 0 Å². The molecule has 0 bridgehead atoms. The van der Waals surface area contributed by atoms with Gasteiger partial charge >= 0.3 is 0 Å². The molecule has 1 aliphatic rings. The number of sulfonamides is 1. The van der Waals surface area contributed by atoms with Gasteiger partial charge < -0.3 is 5.32 Å². The van der Waals surface area contributed by atoms with Crippen LogP contribution in [0.2, 0.25) is 0 Å². The second-order valence-corrected chi connectivity index (χ2v) is 8.31. The van der Waals surface area contributed by atoms with E-state index in [9.17, 15) is 8.42 Å². The Hall–Kier alpha value is -0.430. The summed E-state index contributed by atoms with van der Waals surface area (Å²) in [6, 6.07) is 3.63. The van der Waals surface area contributed by atoms with Gasteiger partial charge in [-0.25, -0.2) is 13.1 Å². The molecule has 1 aromatic rings. The Bertz CT molecular complexity index is 510. The summed E-state index contributed by atoms with van der Waals surface area (Å²) in [7, 11) is -3.30. The van der Waals surface area contributed by atoms with Gasteiger partial charge in [-0.1, -0.05) is 13.8 Å². The summed E-state index contributed by atoms with van der Waals surface area (Å²) < 4.78 is 27.3. The summed E-state index contributed by atoms with van der Waals surface area (Å²) in [5, 5.41) is 3.24. The number of thiophene rings is 1. The van der Waals surface area contributed by atoms with Crippen LogP contribution in [0.1, 0.15) is 25.1 Å². The quantitative estimate of drug-likeness (QED) is 0.720. The fourth-order valence-electron chi connectivity index (χ4n) is 2.00.